The van der Waals surface area contributed by atoms with Gasteiger partial charge in [-0.25, -0.2) is 0 Å². The number of hydrogen-bond acceptors (Lipinski definition) is 5. The van der Waals surface area contributed by atoms with Crippen LogP contribution in [-0.4, -0.2) is 53.7 Å². The summed E-state index contributed by atoms with van der Waals surface area (Å²) in [6.07, 6.45) is 0. The lowest BCUT2D eigenvalue weighted by Gasteiger charge is -2.18. The van der Waals surface area contributed by atoms with E-state index in [-0.39, 0.29) is 25.0 Å². The molecular weight excluding hydrogens is 248 g/mol. The van der Waals surface area contributed by atoms with E-state index in [1.165, 1.54) is 7.11 Å². The summed E-state index contributed by atoms with van der Waals surface area (Å²) in [5.74, 6) is -0.538. The summed E-state index contributed by atoms with van der Waals surface area (Å²) < 4.78 is 4.58. The molecule has 19 heavy (non-hydrogen) atoms. The van der Waals surface area contributed by atoms with Crippen molar-refractivity contribution in [2.45, 2.75) is 20.8 Å². The zero-order chi connectivity index (χ0) is 14.4. The number of nitrogens with zero attached hydrogens (tertiary/aromatic N) is 2. The third-order valence-electron chi connectivity index (χ3n) is 2.79. The van der Waals surface area contributed by atoms with Crippen LogP contribution in [0.5, 0.6) is 0 Å². The number of carbonyl (C=O) groups excluding carboxylic acids is 2. The number of aromatic amines is 1. The first kappa shape index (κ1) is 15.2. The Hall–Kier alpha value is -1.89. The first-order valence-electron chi connectivity index (χ1n) is 6.08. The predicted octanol–water partition coefficient (Wildman–Crippen LogP) is 0.460. The molecule has 0 saturated heterocycles. The molecule has 0 bridgehead atoms. The standard InChI is InChI=1S/C12H20N4O3/c1-5-16(7-11(18)19-4)6-10(17)13-12-8(2)14-15-9(12)3/h5-7H2,1-4H3,(H,13,17)(H,14,15). The molecule has 0 aliphatic rings. The van der Waals surface area contributed by atoms with Crippen LogP contribution in [0.25, 0.3) is 0 Å². The minimum atomic E-state index is -0.356. The lowest BCUT2D eigenvalue weighted by Crippen LogP contribution is -2.37. The SMILES string of the molecule is CCN(CC(=O)Nc1c(C)n[nH]c1C)CC(=O)OC. The Balaban J connectivity index is 2.56. The molecule has 0 spiro atoms. The molecule has 0 unspecified atom stereocenters. The van der Waals surface area contributed by atoms with Gasteiger partial charge in [0.25, 0.3) is 0 Å². The second-order valence-corrected chi connectivity index (χ2v) is 4.24. The Morgan fingerprint density at radius 3 is 2.53 bits per heavy atom. The molecule has 106 valence electrons. The second kappa shape index (κ2) is 6.89. The molecule has 7 nitrogen and oxygen atoms in total. The van der Waals surface area contributed by atoms with E-state index in [0.29, 0.717) is 12.2 Å². The smallest absolute Gasteiger partial charge is 0.319 e. The average Bonchev–Trinajstić information content (AvgIpc) is 2.69. The van der Waals surface area contributed by atoms with Gasteiger partial charge in [-0.2, -0.15) is 5.10 Å². The number of methoxy groups -OCH3 is 1. The van der Waals surface area contributed by atoms with Gasteiger partial charge in [0.05, 0.1) is 37.3 Å². The van der Waals surface area contributed by atoms with E-state index in [4.69, 9.17) is 0 Å². The van der Waals surface area contributed by atoms with Gasteiger partial charge in [0.1, 0.15) is 0 Å². The highest BCUT2D eigenvalue weighted by Gasteiger charge is 2.15. The van der Waals surface area contributed by atoms with Crippen LogP contribution in [0, 0.1) is 13.8 Å². The molecule has 0 saturated carbocycles. The van der Waals surface area contributed by atoms with Crippen molar-refractivity contribution in [2.75, 3.05) is 32.1 Å². The maximum atomic E-state index is 11.9. The molecule has 2 N–H and O–H groups in total. The van der Waals surface area contributed by atoms with E-state index < -0.39 is 0 Å². The summed E-state index contributed by atoms with van der Waals surface area (Å²) in [5, 5.41) is 9.59. The Bertz CT molecular complexity index is 436. The number of aryl methyl sites for hydroxylation is 2. The van der Waals surface area contributed by atoms with Gasteiger partial charge in [0.2, 0.25) is 5.91 Å². The molecule has 0 aliphatic carbocycles. The van der Waals surface area contributed by atoms with Crippen LogP contribution in [0.1, 0.15) is 18.3 Å². The summed E-state index contributed by atoms with van der Waals surface area (Å²) in [4.78, 5) is 24.8. The van der Waals surface area contributed by atoms with Gasteiger partial charge in [-0.3, -0.25) is 19.6 Å². The normalized spacial score (nSPS) is 10.6. The number of amides is 1. The van der Waals surface area contributed by atoms with Crippen molar-refractivity contribution in [3.05, 3.63) is 11.4 Å². The summed E-state index contributed by atoms with van der Waals surface area (Å²) in [6.45, 7) is 6.35. The number of H-pyrrole nitrogens is 1. The highest BCUT2D eigenvalue weighted by Crippen LogP contribution is 2.15. The number of hydrogen-bond donors (Lipinski definition) is 2. The molecule has 0 fully saturated rings. The van der Waals surface area contributed by atoms with Gasteiger partial charge in [-0.1, -0.05) is 6.92 Å². The first-order chi connectivity index (χ1) is 8.97. The molecule has 1 heterocycles. The number of rotatable bonds is 6. The van der Waals surface area contributed by atoms with Crippen molar-refractivity contribution < 1.29 is 14.3 Å². The number of ether oxygens (including phenoxy) is 1. The fourth-order valence-electron chi connectivity index (χ4n) is 1.64. The molecule has 0 aliphatic heterocycles. The summed E-state index contributed by atoms with van der Waals surface area (Å²) in [5.41, 5.74) is 2.24. The predicted molar refractivity (Wildman–Crippen MR) is 70.8 cm³/mol. The van der Waals surface area contributed by atoms with Crippen molar-refractivity contribution in [1.82, 2.24) is 15.1 Å². The van der Waals surface area contributed by atoms with Crippen molar-refractivity contribution in [3.8, 4) is 0 Å². The molecular formula is C12H20N4O3. The average molecular weight is 268 g/mol. The van der Waals surface area contributed by atoms with Crippen molar-refractivity contribution in [2.24, 2.45) is 0 Å². The first-order valence-corrected chi connectivity index (χ1v) is 6.08. The summed E-state index contributed by atoms with van der Waals surface area (Å²) in [6, 6.07) is 0. The van der Waals surface area contributed by atoms with Crippen LogP contribution in [0.2, 0.25) is 0 Å². The zero-order valence-electron chi connectivity index (χ0n) is 11.7. The van der Waals surface area contributed by atoms with Crippen LogP contribution in [-0.2, 0) is 14.3 Å². The van der Waals surface area contributed by atoms with Gasteiger partial charge in [0.15, 0.2) is 0 Å². The molecule has 0 atom stereocenters. The minimum Gasteiger partial charge on any atom is -0.468 e. The molecule has 1 aromatic heterocycles. The van der Waals surface area contributed by atoms with Crippen LogP contribution in [0.4, 0.5) is 5.69 Å². The fourth-order valence-corrected chi connectivity index (χ4v) is 1.64. The monoisotopic (exact) mass is 268 g/mol. The fraction of sp³-hybridized carbons (Fsp3) is 0.583. The van der Waals surface area contributed by atoms with E-state index in [0.717, 1.165) is 11.4 Å². The number of esters is 1. The maximum Gasteiger partial charge on any atom is 0.319 e. The molecule has 0 aromatic carbocycles. The minimum absolute atomic E-state index is 0.101. The van der Waals surface area contributed by atoms with Crippen LogP contribution in [0.3, 0.4) is 0 Å². The maximum absolute atomic E-state index is 11.9. The molecule has 7 heteroatoms. The van der Waals surface area contributed by atoms with Crippen molar-refractivity contribution in [1.29, 1.82) is 0 Å². The molecule has 0 radical (unpaired) electrons. The van der Waals surface area contributed by atoms with E-state index in [1.54, 1.807) is 4.90 Å². The number of anilines is 1. The van der Waals surface area contributed by atoms with Crippen LogP contribution in [0.15, 0.2) is 0 Å². The Morgan fingerprint density at radius 1 is 1.37 bits per heavy atom. The molecule has 1 rings (SSSR count). The number of likely N-dealkylation sites (N-methyl/N-ethyl adjacent to an activating group) is 1. The van der Waals surface area contributed by atoms with E-state index in [1.807, 2.05) is 20.8 Å². The lowest BCUT2D eigenvalue weighted by atomic mass is 10.3. The highest BCUT2D eigenvalue weighted by atomic mass is 16.5. The van der Waals surface area contributed by atoms with Gasteiger partial charge in [-0.05, 0) is 20.4 Å². The third kappa shape index (κ3) is 4.36. The zero-order valence-corrected chi connectivity index (χ0v) is 11.7. The number of carbonyl (C=O) groups is 2. The third-order valence-corrected chi connectivity index (χ3v) is 2.79. The molecule has 1 aromatic rings. The van der Waals surface area contributed by atoms with Crippen LogP contribution < -0.4 is 5.32 Å². The van der Waals surface area contributed by atoms with E-state index in [2.05, 4.69) is 20.3 Å². The Labute approximate surface area is 112 Å². The highest BCUT2D eigenvalue weighted by molar-refractivity contribution is 5.93. The second-order valence-electron chi connectivity index (χ2n) is 4.24. The van der Waals surface area contributed by atoms with Crippen molar-refractivity contribution >= 4 is 17.6 Å². The largest absolute Gasteiger partial charge is 0.468 e. The Morgan fingerprint density at radius 2 is 2.05 bits per heavy atom. The number of aromatic nitrogens is 2. The van der Waals surface area contributed by atoms with Gasteiger partial charge < -0.3 is 10.1 Å². The van der Waals surface area contributed by atoms with Gasteiger partial charge in [-0.15, -0.1) is 0 Å². The quantitative estimate of drug-likeness (QED) is 0.732. The van der Waals surface area contributed by atoms with E-state index >= 15 is 0 Å². The van der Waals surface area contributed by atoms with Crippen LogP contribution >= 0.6 is 0 Å². The van der Waals surface area contributed by atoms with E-state index in [9.17, 15) is 9.59 Å². The van der Waals surface area contributed by atoms with Crippen molar-refractivity contribution in [3.63, 3.8) is 0 Å². The topological polar surface area (TPSA) is 87.3 Å². The van der Waals surface area contributed by atoms with Gasteiger partial charge in [0, 0.05) is 0 Å². The lowest BCUT2D eigenvalue weighted by molar-refractivity contribution is -0.142. The number of nitrogens with one attached hydrogen (secondary N) is 2. The van der Waals surface area contributed by atoms with Gasteiger partial charge >= 0.3 is 5.97 Å². The summed E-state index contributed by atoms with van der Waals surface area (Å²) >= 11 is 0. The Kier molecular flexibility index (Phi) is 5.50. The summed E-state index contributed by atoms with van der Waals surface area (Å²) in [7, 11) is 1.33. The molecule has 1 amide bonds.